The van der Waals surface area contributed by atoms with Crippen LogP contribution in [-0.2, 0) is 7.05 Å². The number of piperidine rings is 1. The van der Waals surface area contributed by atoms with Gasteiger partial charge in [0, 0.05) is 18.7 Å². The first-order valence-electron chi connectivity index (χ1n) is 7.72. The zero-order valence-corrected chi connectivity index (χ0v) is 13.2. The molecule has 0 atom stereocenters. The van der Waals surface area contributed by atoms with Gasteiger partial charge in [-0.3, -0.25) is 9.48 Å². The quantitative estimate of drug-likeness (QED) is 0.879. The summed E-state index contributed by atoms with van der Waals surface area (Å²) in [5.74, 6) is -0.304. The monoisotopic (exact) mass is 336 g/mol. The molecule has 9 heteroatoms. The van der Waals surface area contributed by atoms with Crippen molar-refractivity contribution in [1.82, 2.24) is 30.6 Å². The molecule has 0 bridgehead atoms. The molecular formula is C15H18F2N6O. The van der Waals surface area contributed by atoms with Gasteiger partial charge in [0.05, 0.1) is 11.9 Å². The van der Waals surface area contributed by atoms with E-state index in [-0.39, 0.29) is 34.6 Å². The number of nitrogens with one attached hydrogen (secondary N) is 2. The minimum atomic E-state index is -2.67. The number of nitrogens with zero attached hydrogens (tertiary/aromatic N) is 4. The van der Waals surface area contributed by atoms with Gasteiger partial charge in [-0.1, -0.05) is 0 Å². The highest BCUT2D eigenvalue weighted by molar-refractivity contribution is 5.92. The summed E-state index contributed by atoms with van der Waals surface area (Å²) in [4.78, 5) is 12.2. The molecule has 7 nitrogen and oxygen atoms in total. The van der Waals surface area contributed by atoms with Gasteiger partial charge in [0.15, 0.2) is 5.69 Å². The smallest absolute Gasteiger partial charge is 0.280 e. The molecule has 0 aromatic carbocycles. The third-order valence-electron chi connectivity index (χ3n) is 4.04. The molecule has 3 heterocycles. The van der Waals surface area contributed by atoms with E-state index in [1.54, 1.807) is 0 Å². The van der Waals surface area contributed by atoms with Gasteiger partial charge in [0.1, 0.15) is 5.69 Å². The summed E-state index contributed by atoms with van der Waals surface area (Å²) >= 11 is 0. The second-order valence-electron chi connectivity index (χ2n) is 5.67. The number of carbonyl (C=O) groups is 1. The van der Waals surface area contributed by atoms with Gasteiger partial charge in [-0.2, -0.15) is 5.10 Å². The van der Waals surface area contributed by atoms with Gasteiger partial charge in [0.25, 0.3) is 12.3 Å². The van der Waals surface area contributed by atoms with E-state index in [0.29, 0.717) is 0 Å². The van der Waals surface area contributed by atoms with Crippen LogP contribution in [0.15, 0.2) is 18.3 Å². The average molecular weight is 336 g/mol. The third kappa shape index (κ3) is 3.40. The van der Waals surface area contributed by atoms with Gasteiger partial charge in [-0.25, -0.2) is 8.78 Å². The molecule has 2 aromatic rings. The maximum Gasteiger partial charge on any atom is 0.280 e. The average Bonchev–Trinajstić information content (AvgIpc) is 2.98. The van der Waals surface area contributed by atoms with Gasteiger partial charge in [0.2, 0.25) is 0 Å². The molecule has 3 rings (SSSR count). The molecule has 1 amide bonds. The largest absolute Gasteiger partial charge is 0.348 e. The summed E-state index contributed by atoms with van der Waals surface area (Å²) in [5, 5.41) is 17.7. The molecule has 0 spiro atoms. The van der Waals surface area contributed by atoms with Crippen molar-refractivity contribution in [2.45, 2.75) is 25.3 Å². The van der Waals surface area contributed by atoms with E-state index < -0.39 is 6.43 Å². The van der Waals surface area contributed by atoms with Gasteiger partial charge >= 0.3 is 0 Å². The normalized spacial score (nSPS) is 15.7. The highest BCUT2D eigenvalue weighted by Gasteiger charge is 2.21. The minimum Gasteiger partial charge on any atom is -0.348 e. The van der Waals surface area contributed by atoms with Crippen LogP contribution in [0.25, 0.3) is 11.3 Å². The van der Waals surface area contributed by atoms with E-state index in [1.165, 1.54) is 25.4 Å². The molecular weight excluding hydrogens is 318 g/mol. The Balaban J connectivity index is 1.74. The summed E-state index contributed by atoms with van der Waals surface area (Å²) < 4.78 is 27.3. The lowest BCUT2D eigenvalue weighted by atomic mass is 10.1. The van der Waals surface area contributed by atoms with E-state index >= 15 is 0 Å². The predicted molar refractivity (Wildman–Crippen MR) is 82.5 cm³/mol. The Labute approximate surface area is 137 Å². The molecule has 2 N–H and O–H groups in total. The van der Waals surface area contributed by atoms with E-state index in [4.69, 9.17) is 0 Å². The molecule has 2 aromatic heterocycles. The molecule has 128 valence electrons. The van der Waals surface area contributed by atoms with Crippen molar-refractivity contribution in [3.8, 4) is 11.3 Å². The van der Waals surface area contributed by atoms with Crippen LogP contribution in [0.3, 0.4) is 0 Å². The van der Waals surface area contributed by atoms with E-state index in [2.05, 4.69) is 25.9 Å². The van der Waals surface area contributed by atoms with Crippen LogP contribution in [0.2, 0.25) is 0 Å². The lowest BCUT2D eigenvalue weighted by Crippen LogP contribution is -2.43. The number of alkyl halides is 2. The number of hydrogen-bond donors (Lipinski definition) is 2. The van der Waals surface area contributed by atoms with Crippen LogP contribution >= 0.6 is 0 Å². The first-order valence-corrected chi connectivity index (χ1v) is 7.72. The molecule has 1 saturated heterocycles. The number of aryl methyl sites for hydroxylation is 1. The fraction of sp³-hybridized carbons (Fsp3) is 0.467. The topological polar surface area (TPSA) is 84.7 Å². The number of aromatic nitrogens is 4. The summed E-state index contributed by atoms with van der Waals surface area (Å²) in [6, 6.07) is 3.11. The fourth-order valence-corrected chi connectivity index (χ4v) is 2.73. The van der Waals surface area contributed by atoms with E-state index in [0.717, 1.165) is 30.6 Å². The van der Waals surface area contributed by atoms with Crippen LogP contribution in [0.4, 0.5) is 8.78 Å². The van der Waals surface area contributed by atoms with E-state index in [1.807, 2.05) is 0 Å². The van der Waals surface area contributed by atoms with Crippen LogP contribution < -0.4 is 10.6 Å². The standard InChI is InChI=1S/C15H18F2N6O/c1-23-13(14(16)17)10(8-19-23)11-2-3-12(22-21-11)15(24)20-9-4-6-18-7-5-9/h2-3,8-9,14,18H,4-7H2,1H3,(H,20,24). The van der Waals surface area contributed by atoms with Crippen molar-refractivity contribution in [1.29, 1.82) is 0 Å². The van der Waals surface area contributed by atoms with Crippen molar-refractivity contribution in [2.75, 3.05) is 13.1 Å². The number of amides is 1. The van der Waals surface area contributed by atoms with Crippen LogP contribution in [0.5, 0.6) is 0 Å². The Kier molecular flexibility index (Phi) is 4.79. The Hall–Kier alpha value is -2.42. The first-order chi connectivity index (χ1) is 11.6. The second-order valence-corrected chi connectivity index (χ2v) is 5.67. The van der Waals surface area contributed by atoms with Crippen molar-refractivity contribution in [2.24, 2.45) is 7.05 Å². The summed E-state index contributed by atoms with van der Waals surface area (Å²) in [6.45, 7) is 1.74. The third-order valence-corrected chi connectivity index (χ3v) is 4.04. The lowest BCUT2D eigenvalue weighted by molar-refractivity contribution is 0.0923. The van der Waals surface area contributed by atoms with Gasteiger partial charge in [-0.05, 0) is 38.1 Å². The second kappa shape index (κ2) is 7.00. The first kappa shape index (κ1) is 16.4. The highest BCUT2D eigenvalue weighted by atomic mass is 19.3. The zero-order chi connectivity index (χ0) is 17.1. The lowest BCUT2D eigenvalue weighted by Gasteiger charge is -2.23. The Morgan fingerprint density at radius 3 is 2.71 bits per heavy atom. The SMILES string of the molecule is Cn1ncc(-c2ccc(C(=O)NC3CCNCC3)nn2)c1C(F)F. The van der Waals surface area contributed by atoms with Crippen molar-refractivity contribution < 1.29 is 13.6 Å². The maximum atomic E-state index is 13.1. The number of hydrogen-bond acceptors (Lipinski definition) is 5. The number of rotatable bonds is 4. The summed E-state index contributed by atoms with van der Waals surface area (Å²) in [5.41, 5.74) is 0.415. The number of halogens is 2. The van der Waals surface area contributed by atoms with Crippen LogP contribution in [-0.4, -0.2) is 45.0 Å². The Morgan fingerprint density at radius 2 is 2.08 bits per heavy atom. The fourth-order valence-electron chi connectivity index (χ4n) is 2.73. The molecule has 1 fully saturated rings. The zero-order valence-electron chi connectivity index (χ0n) is 13.2. The maximum absolute atomic E-state index is 13.1. The Bertz CT molecular complexity index is 709. The summed E-state index contributed by atoms with van der Waals surface area (Å²) in [6.07, 6.45) is 0.382. The molecule has 0 radical (unpaired) electrons. The molecule has 24 heavy (non-hydrogen) atoms. The van der Waals surface area contributed by atoms with Gasteiger partial charge in [-0.15, -0.1) is 10.2 Å². The Morgan fingerprint density at radius 1 is 1.33 bits per heavy atom. The molecule has 0 saturated carbocycles. The molecule has 0 aliphatic carbocycles. The van der Waals surface area contributed by atoms with Crippen LogP contribution in [0, 0.1) is 0 Å². The van der Waals surface area contributed by atoms with E-state index in [9.17, 15) is 13.6 Å². The summed E-state index contributed by atoms with van der Waals surface area (Å²) in [7, 11) is 1.44. The number of carbonyl (C=O) groups excluding carboxylic acids is 1. The van der Waals surface area contributed by atoms with Crippen molar-refractivity contribution >= 4 is 5.91 Å². The van der Waals surface area contributed by atoms with Gasteiger partial charge < -0.3 is 10.6 Å². The van der Waals surface area contributed by atoms with Crippen molar-refractivity contribution in [3.63, 3.8) is 0 Å². The predicted octanol–water partition coefficient (Wildman–Crippen LogP) is 1.30. The minimum absolute atomic E-state index is 0.115. The van der Waals surface area contributed by atoms with Crippen molar-refractivity contribution in [3.05, 3.63) is 29.7 Å². The molecule has 1 aliphatic heterocycles. The molecule has 1 aliphatic rings. The van der Waals surface area contributed by atoms with Crippen LogP contribution in [0.1, 0.15) is 35.4 Å². The highest BCUT2D eigenvalue weighted by Crippen LogP contribution is 2.29. The molecule has 0 unspecified atom stereocenters.